The van der Waals surface area contributed by atoms with Crippen molar-refractivity contribution in [3.63, 3.8) is 0 Å². The largest absolute Gasteiger partial charge is 0.381 e. The third kappa shape index (κ3) is 5.90. The van der Waals surface area contributed by atoms with Crippen molar-refractivity contribution in [1.29, 1.82) is 0 Å². The molecule has 2 aromatic rings. The average molecular weight is 402 g/mol. The Balaban J connectivity index is 1.79. The van der Waals surface area contributed by atoms with Crippen molar-refractivity contribution in [2.45, 2.75) is 44.7 Å². The monoisotopic (exact) mass is 402 g/mol. The second-order valence-electron chi connectivity index (χ2n) is 7.37. The number of carbonyl (C=O) groups is 1. The first-order valence-corrected chi connectivity index (χ1v) is 10.1. The SMILES string of the molecule is NCCNC(=O)c1ccc(NC2CCCCC2)c(NCc2ccc(F)cc2F)c1. The van der Waals surface area contributed by atoms with Gasteiger partial charge in [0, 0.05) is 42.9 Å². The first-order chi connectivity index (χ1) is 14.1. The number of amides is 1. The highest BCUT2D eigenvalue weighted by Crippen LogP contribution is 2.28. The predicted octanol–water partition coefficient (Wildman–Crippen LogP) is 4.01. The van der Waals surface area contributed by atoms with Crippen LogP contribution in [0.4, 0.5) is 20.2 Å². The molecule has 0 saturated heterocycles. The molecule has 2 aromatic carbocycles. The van der Waals surface area contributed by atoms with E-state index in [0.29, 0.717) is 35.9 Å². The Morgan fingerprint density at radius 3 is 2.55 bits per heavy atom. The van der Waals surface area contributed by atoms with Gasteiger partial charge in [0.2, 0.25) is 0 Å². The van der Waals surface area contributed by atoms with Crippen LogP contribution in [-0.4, -0.2) is 25.0 Å². The van der Waals surface area contributed by atoms with Gasteiger partial charge in [0.1, 0.15) is 11.6 Å². The van der Waals surface area contributed by atoms with E-state index in [4.69, 9.17) is 5.73 Å². The summed E-state index contributed by atoms with van der Waals surface area (Å²) in [5, 5.41) is 9.50. The Morgan fingerprint density at radius 1 is 1.03 bits per heavy atom. The van der Waals surface area contributed by atoms with E-state index in [0.717, 1.165) is 24.6 Å². The Labute approximate surface area is 170 Å². The Bertz CT molecular complexity index is 838. The molecular formula is C22H28F2N4O. The summed E-state index contributed by atoms with van der Waals surface area (Å²) in [6.45, 7) is 0.936. The van der Waals surface area contributed by atoms with Crippen LogP contribution in [0.25, 0.3) is 0 Å². The van der Waals surface area contributed by atoms with Gasteiger partial charge >= 0.3 is 0 Å². The summed E-state index contributed by atoms with van der Waals surface area (Å²) in [5.41, 5.74) is 7.88. The maximum Gasteiger partial charge on any atom is 0.251 e. The first kappa shape index (κ1) is 21.0. The molecule has 5 nitrogen and oxygen atoms in total. The summed E-state index contributed by atoms with van der Waals surface area (Å²) >= 11 is 0. The molecule has 156 valence electrons. The van der Waals surface area contributed by atoms with Gasteiger partial charge in [0.25, 0.3) is 5.91 Å². The Hall–Kier alpha value is -2.67. The normalized spacial score (nSPS) is 14.4. The molecule has 0 heterocycles. The van der Waals surface area contributed by atoms with Crippen LogP contribution in [0.2, 0.25) is 0 Å². The van der Waals surface area contributed by atoms with E-state index in [9.17, 15) is 13.6 Å². The lowest BCUT2D eigenvalue weighted by Crippen LogP contribution is -2.29. The first-order valence-electron chi connectivity index (χ1n) is 10.1. The maximum atomic E-state index is 14.0. The number of carbonyl (C=O) groups excluding carboxylic acids is 1. The molecule has 0 spiro atoms. The smallest absolute Gasteiger partial charge is 0.251 e. The number of benzene rings is 2. The van der Waals surface area contributed by atoms with Gasteiger partial charge in [0.15, 0.2) is 0 Å². The van der Waals surface area contributed by atoms with E-state index in [1.165, 1.54) is 31.4 Å². The van der Waals surface area contributed by atoms with Crippen molar-refractivity contribution < 1.29 is 13.6 Å². The topological polar surface area (TPSA) is 79.2 Å². The molecule has 7 heteroatoms. The van der Waals surface area contributed by atoms with Crippen molar-refractivity contribution in [2.75, 3.05) is 23.7 Å². The second-order valence-corrected chi connectivity index (χ2v) is 7.37. The van der Waals surface area contributed by atoms with Crippen LogP contribution >= 0.6 is 0 Å². The van der Waals surface area contributed by atoms with Crippen LogP contribution in [-0.2, 0) is 6.54 Å². The molecule has 3 rings (SSSR count). The Kier molecular flexibility index (Phi) is 7.41. The third-order valence-corrected chi connectivity index (χ3v) is 5.16. The van der Waals surface area contributed by atoms with Crippen molar-refractivity contribution in [1.82, 2.24) is 5.32 Å². The van der Waals surface area contributed by atoms with E-state index in [1.807, 2.05) is 6.07 Å². The molecule has 29 heavy (non-hydrogen) atoms. The summed E-state index contributed by atoms with van der Waals surface area (Å²) in [4.78, 5) is 12.3. The minimum absolute atomic E-state index is 0.180. The van der Waals surface area contributed by atoms with E-state index in [-0.39, 0.29) is 12.5 Å². The third-order valence-electron chi connectivity index (χ3n) is 5.16. The standard InChI is InChI=1S/C22H28F2N4O/c23-17-8-6-16(19(24)13-17)14-27-21-12-15(22(29)26-11-10-25)7-9-20(21)28-18-4-2-1-3-5-18/h6-9,12-13,18,27-28H,1-5,10-11,14,25H2,(H,26,29). The molecule has 1 aliphatic carbocycles. The van der Waals surface area contributed by atoms with E-state index < -0.39 is 11.6 Å². The van der Waals surface area contributed by atoms with Gasteiger partial charge in [-0.05, 0) is 37.1 Å². The molecular weight excluding hydrogens is 374 g/mol. The van der Waals surface area contributed by atoms with Crippen molar-refractivity contribution in [2.24, 2.45) is 5.73 Å². The second kappa shape index (κ2) is 10.2. The summed E-state index contributed by atoms with van der Waals surface area (Å²) in [6.07, 6.45) is 5.85. The van der Waals surface area contributed by atoms with Crippen molar-refractivity contribution in [3.8, 4) is 0 Å². The number of nitrogens with two attached hydrogens (primary N) is 1. The van der Waals surface area contributed by atoms with Gasteiger partial charge in [0.05, 0.1) is 11.4 Å². The van der Waals surface area contributed by atoms with Crippen molar-refractivity contribution >= 4 is 17.3 Å². The lowest BCUT2D eigenvalue weighted by molar-refractivity contribution is 0.0955. The molecule has 1 saturated carbocycles. The molecule has 0 unspecified atom stereocenters. The fourth-order valence-electron chi connectivity index (χ4n) is 3.57. The van der Waals surface area contributed by atoms with Gasteiger partial charge in [-0.3, -0.25) is 4.79 Å². The molecule has 1 amide bonds. The number of hydrogen-bond acceptors (Lipinski definition) is 4. The van der Waals surface area contributed by atoms with Crippen molar-refractivity contribution in [3.05, 3.63) is 59.2 Å². The van der Waals surface area contributed by atoms with Gasteiger partial charge < -0.3 is 21.7 Å². The zero-order chi connectivity index (χ0) is 20.6. The zero-order valence-electron chi connectivity index (χ0n) is 16.4. The van der Waals surface area contributed by atoms with Gasteiger partial charge in [-0.1, -0.05) is 25.3 Å². The molecule has 1 fully saturated rings. The van der Waals surface area contributed by atoms with E-state index in [1.54, 1.807) is 12.1 Å². The van der Waals surface area contributed by atoms with Gasteiger partial charge in [-0.25, -0.2) is 8.78 Å². The minimum atomic E-state index is -0.607. The summed E-state index contributed by atoms with van der Waals surface area (Å²) in [6, 6.07) is 9.29. The number of nitrogens with one attached hydrogen (secondary N) is 3. The molecule has 1 aliphatic rings. The van der Waals surface area contributed by atoms with Crippen LogP contribution in [0.15, 0.2) is 36.4 Å². The number of halogens is 2. The van der Waals surface area contributed by atoms with Crippen LogP contribution < -0.4 is 21.7 Å². The number of rotatable bonds is 8. The molecule has 5 N–H and O–H groups in total. The zero-order valence-corrected chi connectivity index (χ0v) is 16.4. The highest BCUT2D eigenvalue weighted by molar-refractivity contribution is 5.96. The Morgan fingerprint density at radius 2 is 1.83 bits per heavy atom. The van der Waals surface area contributed by atoms with Gasteiger partial charge in [-0.2, -0.15) is 0 Å². The number of anilines is 2. The predicted molar refractivity (Wildman–Crippen MR) is 112 cm³/mol. The highest BCUT2D eigenvalue weighted by Gasteiger charge is 2.16. The molecule has 0 atom stereocenters. The fourth-order valence-corrected chi connectivity index (χ4v) is 3.57. The summed E-state index contributed by atoms with van der Waals surface area (Å²) in [5.74, 6) is -1.42. The average Bonchev–Trinajstić information content (AvgIpc) is 2.73. The molecule has 0 bridgehead atoms. The van der Waals surface area contributed by atoms with Crippen LogP contribution in [0, 0.1) is 11.6 Å². The maximum absolute atomic E-state index is 14.0. The lowest BCUT2D eigenvalue weighted by Gasteiger charge is -2.25. The molecule has 0 aliphatic heterocycles. The molecule has 0 aromatic heterocycles. The summed E-state index contributed by atoms with van der Waals surface area (Å²) < 4.78 is 27.2. The van der Waals surface area contributed by atoms with Crippen LogP contribution in [0.5, 0.6) is 0 Å². The fraction of sp³-hybridized carbons (Fsp3) is 0.409. The van der Waals surface area contributed by atoms with Gasteiger partial charge in [-0.15, -0.1) is 0 Å². The molecule has 0 radical (unpaired) electrons. The van der Waals surface area contributed by atoms with Crippen LogP contribution in [0.1, 0.15) is 48.0 Å². The minimum Gasteiger partial charge on any atom is -0.381 e. The quantitative estimate of drug-likeness (QED) is 0.538. The van der Waals surface area contributed by atoms with E-state index >= 15 is 0 Å². The number of hydrogen-bond donors (Lipinski definition) is 4. The highest BCUT2D eigenvalue weighted by atomic mass is 19.1. The van der Waals surface area contributed by atoms with E-state index in [2.05, 4.69) is 16.0 Å². The lowest BCUT2D eigenvalue weighted by atomic mass is 9.95. The van der Waals surface area contributed by atoms with Crippen LogP contribution in [0.3, 0.4) is 0 Å². The summed E-state index contributed by atoms with van der Waals surface area (Å²) in [7, 11) is 0.